The van der Waals surface area contributed by atoms with Gasteiger partial charge in [-0.3, -0.25) is 14.2 Å². The standard InChI is InChI=1S/C18H17N5O2/c1-3-23-17(19)14(10-15-20-8-9-21-15)16(25)13-7-6-12(22-18(13)23)5-4-11(2)24/h3-9H,1,10,19H2,2H3,(H,20,21)/b5-4+. The highest BCUT2D eigenvalue weighted by Gasteiger charge is 2.16. The number of nitrogens with zero attached hydrogens (tertiary/aromatic N) is 3. The van der Waals surface area contributed by atoms with Crippen LogP contribution in [0.3, 0.4) is 0 Å². The monoisotopic (exact) mass is 335 g/mol. The highest BCUT2D eigenvalue weighted by atomic mass is 16.1. The van der Waals surface area contributed by atoms with Crippen LogP contribution < -0.4 is 11.2 Å². The predicted octanol–water partition coefficient (Wildman–Crippen LogP) is 2.00. The Kier molecular flexibility index (Phi) is 4.30. The Balaban J connectivity index is 2.22. The van der Waals surface area contributed by atoms with Crippen LogP contribution in [0.15, 0.2) is 42.0 Å². The van der Waals surface area contributed by atoms with E-state index >= 15 is 0 Å². The first-order valence-electron chi connectivity index (χ1n) is 7.64. The van der Waals surface area contributed by atoms with Gasteiger partial charge in [-0.25, -0.2) is 9.97 Å². The SMILES string of the molecule is C=Cn1c(N)c(Cc2ncc[nH]2)c(=O)c2ccc(/C=C/C(C)=O)nc21. The average Bonchev–Trinajstić information content (AvgIpc) is 3.10. The van der Waals surface area contributed by atoms with E-state index in [-0.39, 0.29) is 23.5 Å². The highest BCUT2D eigenvalue weighted by Crippen LogP contribution is 2.19. The lowest BCUT2D eigenvalue weighted by Crippen LogP contribution is -2.19. The van der Waals surface area contributed by atoms with Crippen LogP contribution >= 0.6 is 0 Å². The van der Waals surface area contributed by atoms with Gasteiger partial charge in [-0.05, 0) is 31.2 Å². The average molecular weight is 335 g/mol. The molecule has 7 nitrogen and oxygen atoms in total. The lowest BCUT2D eigenvalue weighted by Gasteiger charge is -2.13. The second-order valence-electron chi connectivity index (χ2n) is 5.51. The molecule has 7 heteroatoms. The second-order valence-corrected chi connectivity index (χ2v) is 5.51. The fraction of sp³-hybridized carbons (Fsp3) is 0.111. The van der Waals surface area contributed by atoms with E-state index < -0.39 is 0 Å². The zero-order valence-corrected chi connectivity index (χ0v) is 13.7. The predicted molar refractivity (Wildman–Crippen MR) is 97.9 cm³/mol. The number of rotatable bonds is 5. The quantitative estimate of drug-likeness (QED) is 0.694. The number of nitrogens with two attached hydrogens (primary N) is 1. The zero-order chi connectivity index (χ0) is 18.0. The Hall–Kier alpha value is -3.48. The summed E-state index contributed by atoms with van der Waals surface area (Å²) in [6.45, 7) is 5.21. The fourth-order valence-electron chi connectivity index (χ4n) is 2.58. The van der Waals surface area contributed by atoms with Crippen LogP contribution in [0.25, 0.3) is 23.3 Å². The van der Waals surface area contributed by atoms with Crippen molar-refractivity contribution in [3.05, 3.63) is 64.5 Å². The molecule has 126 valence electrons. The van der Waals surface area contributed by atoms with E-state index in [1.165, 1.54) is 19.2 Å². The molecule has 25 heavy (non-hydrogen) atoms. The third-order valence-electron chi connectivity index (χ3n) is 3.78. The summed E-state index contributed by atoms with van der Waals surface area (Å²) in [6.07, 6.45) is 8.11. The van der Waals surface area contributed by atoms with Crippen LogP contribution in [-0.4, -0.2) is 25.3 Å². The number of carbonyl (C=O) groups excluding carboxylic acids is 1. The zero-order valence-electron chi connectivity index (χ0n) is 13.7. The Bertz CT molecular complexity index is 1050. The maximum atomic E-state index is 12.8. The number of aromatic nitrogens is 4. The largest absolute Gasteiger partial charge is 0.384 e. The maximum absolute atomic E-state index is 12.8. The van der Waals surface area contributed by atoms with E-state index in [1.54, 1.807) is 35.2 Å². The fourth-order valence-corrected chi connectivity index (χ4v) is 2.58. The lowest BCUT2D eigenvalue weighted by atomic mass is 10.1. The summed E-state index contributed by atoms with van der Waals surface area (Å²) in [5.74, 6) is 0.827. The number of nitrogens with one attached hydrogen (secondary N) is 1. The van der Waals surface area contributed by atoms with E-state index in [2.05, 4.69) is 21.5 Å². The number of nitrogen functional groups attached to an aromatic ring is 1. The summed E-state index contributed by atoms with van der Waals surface area (Å²) < 4.78 is 1.57. The molecule has 0 atom stereocenters. The lowest BCUT2D eigenvalue weighted by molar-refractivity contribution is -0.112. The van der Waals surface area contributed by atoms with Gasteiger partial charge in [0.1, 0.15) is 17.3 Å². The molecule has 3 aromatic rings. The molecule has 0 radical (unpaired) electrons. The van der Waals surface area contributed by atoms with E-state index in [4.69, 9.17) is 5.73 Å². The Morgan fingerprint density at radius 2 is 2.24 bits per heavy atom. The van der Waals surface area contributed by atoms with E-state index in [1.807, 2.05) is 0 Å². The van der Waals surface area contributed by atoms with Gasteiger partial charge in [0, 0.05) is 30.6 Å². The van der Waals surface area contributed by atoms with E-state index in [0.717, 1.165) is 0 Å². The van der Waals surface area contributed by atoms with Crippen LogP contribution in [0.1, 0.15) is 24.0 Å². The molecule has 0 saturated carbocycles. The molecule has 3 aromatic heterocycles. The number of imidazole rings is 1. The normalized spacial score (nSPS) is 11.2. The minimum absolute atomic E-state index is 0.0867. The smallest absolute Gasteiger partial charge is 0.196 e. The van der Waals surface area contributed by atoms with Crippen LogP contribution in [0.4, 0.5) is 5.82 Å². The molecule has 0 bridgehead atoms. The second kappa shape index (κ2) is 6.56. The Morgan fingerprint density at radius 1 is 1.44 bits per heavy atom. The molecule has 0 spiro atoms. The molecule has 0 amide bonds. The van der Waals surface area contributed by atoms with Crippen LogP contribution in [-0.2, 0) is 11.2 Å². The summed E-state index contributed by atoms with van der Waals surface area (Å²) in [7, 11) is 0. The molecule has 0 unspecified atom stereocenters. The van der Waals surface area contributed by atoms with E-state index in [0.29, 0.717) is 28.1 Å². The first-order valence-corrected chi connectivity index (χ1v) is 7.64. The van der Waals surface area contributed by atoms with Crippen molar-refractivity contribution in [2.75, 3.05) is 5.73 Å². The van der Waals surface area contributed by atoms with Crippen LogP contribution in [0, 0.1) is 0 Å². The first-order chi connectivity index (χ1) is 12.0. The van der Waals surface area contributed by atoms with Crippen molar-refractivity contribution in [1.29, 1.82) is 0 Å². The number of ketones is 1. The van der Waals surface area contributed by atoms with Gasteiger partial charge >= 0.3 is 0 Å². The number of hydrogen-bond donors (Lipinski definition) is 2. The van der Waals surface area contributed by atoms with Gasteiger partial charge in [0.05, 0.1) is 11.1 Å². The number of allylic oxidation sites excluding steroid dienone is 1. The van der Waals surface area contributed by atoms with Gasteiger partial charge in [-0.15, -0.1) is 0 Å². The van der Waals surface area contributed by atoms with Gasteiger partial charge < -0.3 is 10.7 Å². The van der Waals surface area contributed by atoms with Crippen molar-refractivity contribution in [3.63, 3.8) is 0 Å². The number of carbonyl (C=O) groups is 1. The summed E-state index contributed by atoms with van der Waals surface area (Å²) in [4.78, 5) is 35.5. The van der Waals surface area contributed by atoms with Gasteiger partial charge in [0.2, 0.25) is 0 Å². The number of hydrogen-bond acceptors (Lipinski definition) is 5. The highest BCUT2D eigenvalue weighted by molar-refractivity contribution is 5.91. The summed E-state index contributed by atoms with van der Waals surface area (Å²) in [6, 6.07) is 3.36. The van der Waals surface area contributed by atoms with Crippen molar-refractivity contribution < 1.29 is 4.79 Å². The molecule has 0 aromatic carbocycles. The maximum Gasteiger partial charge on any atom is 0.196 e. The topological polar surface area (TPSA) is 107 Å². The molecule has 3 heterocycles. The third-order valence-corrected chi connectivity index (χ3v) is 3.78. The summed E-state index contributed by atoms with van der Waals surface area (Å²) in [5, 5.41) is 0.427. The minimum atomic E-state index is -0.198. The van der Waals surface area contributed by atoms with Crippen LogP contribution in [0.2, 0.25) is 0 Å². The molecule has 0 saturated heterocycles. The number of anilines is 1. The van der Waals surface area contributed by atoms with Gasteiger partial charge in [-0.1, -0.05) is 6.58 Å². The third kappa shape index (κ3) is 3.12. The van der Waals surface area contributed by atoms with Crippen molar-refractivity contribution >= 4 is 34.9 Å². The molecular weight excluding hydrogens is 318 g/mol. The summed E-state index contributed by atoms with van der Waals surface area (Å²) >= 11 is 0. The number of H-pyrrole nitrogens is 1. The number of aromatic amines is 1. The number of fused-ring (bicyclic) bond motifs is 1. The summed E-state index contributed by atoms with van der Waals surface area (Å²) in [5.41, 5.74) is 7.36. The van der Waals surface area contributed by atoms with Crippen molar-refractivity contribution in [1.82, 2.24) is 19.5 Å². The van der Waals surface area contributed by atoms with E-state index in [9.17, 15) is 9.59 Å². The molecule has 3 N–H and O–H groups in total. The number of pyridine rings is 2. The van der Waals surface area contributed by atoms with Crippen molar-refractivity contribution in [3.8, 4) is 0 Å². The first kappa shape index (κ1) is 16.4. The van der Waals surface area contributed by atoms with Gasteiger partial charge in [0.15, 0.2) is 11.2 Å². The minimum Gasteiger partial charge on any atom is -0.384 e. The molecule has 0 fully saturated rings. The Labute approximate surface area is 143 Å². The molecule has 3 rings (SSSR count). The Morgan fingerprint density at radius 3 is 2.88 bits per heavy atom. The van der Waals surface area contributed by atoms with Crippen LogP contribution in [0.5, 0.6) is 0 Å². The van der Waals surface area contributed by atoms with Gasteiger partial charge in [-0.2, -0.15) is 0 Å². The molecule has 0 aliphatic heterocycles. The molecule has 0 aliphatic rings. The molecule has 0 aliphatic carbocycles. The van der Waals surface area contributed by atoms with Gasteiger partial charge in [0.25, 0.3) is 0 Å². The van der Waals surface area contributed by atoms with Crippen molar-refractivity contribution in [2.45, 2.75) is 13.3 Å². The molecular formula is C18H17N5O2. The van der Waals surface area contributed by atoms with Crippen molar-refractivity contribution in [2.24, 2.45) is 0 Å².